The van der Waals surface area contributed by atoms with Crippen molar-refractivity contribution in [3.8, 4) is 5.69 Å². The lowest BCUT2D eigenvalue weighted by Gasteiger charge is -2.29. The van der Waals surface area contributed by atoms with Gasteiger partial charge in [-0.05, 0) is 73.9 Å². The average Bonchev–Trinajstić information content (AvgIpc) is 3.62. The molecule has 3 heterocycles. The van der Waals surface area contributed by atoms with Crippen LogP contribution in [0.5, 0.6) is 0 Å². The Kier molecular flexibility index (Phi) is 11.0. The third-order valence-corrected chi connectivity index (χ3v) is 9.06. The number of aromatic nitrogens is 2. The quantitative estimate of drug-likeness (QED) is 0.215. The number of piperidine rings is 1. The first kappa shape index (κ1) is 35.6. The van der Waals surface area contributed by atoms with E-state index in [1.54, 1.807) is 42.3 Å². The van der Waals surface area contributed by atoms with E-state index in [0.29, 0.717) is 25.3 Å². The minimum absolute atomic E-state index is 0.113. The predicted molar refractivity (Wildman–Crippen MR) is 188 cm³/mol. The molecule has 3 aromatic carbocycles. The average molecular weight is 704 g/mol. The van der Waals surface area contributed by atoms with Crippen LogP contribution < -0.4 is 15.5 Å². The summed E-state index contributed by atoms with van der Waals surface area (Å²) in [6.07, 6.45) is 0.0929. The largest absolute Gasteiger partial charge is 0.416 e. The van der Waals surface area contributed by atoms with Crippen LogP contribution >= 0.6 is 0 Å². The molecule has 0 saturated carbocycles. The van der Waals surface area contributed by atoms with Crippen molar-refractivity contribution in [2.75, 3.05) is 75.1 Å². The molecule has 2 aliphatic rings. The zero-order chi connectivity index (χ0) is 36.0. The van der Waals surface area contributed by atoms with Crippen LogP contribution in [0, 0.1) is 0 Å². The Hall–Kier alpha value is -5.21. The normalized spacial score (nSPS) is 15.3. The monoisotopic (exact) mass is 703 g/mol. The van der Waals surface area contributed by atoms with Gasteiger partial charge in [0.15, 0.2) is 5.82 Å². The third kappa shape index (κ3) is 8.94. The van der Waals surface area contributed by atoms with Crippen LogP contribution in [0.2, 0.25) is 0 Å². The lowest BCUT2D eigenvalue weighted by Crippen LogP contribution is -2.41. The maximum atomic E-state index is 13.8. The summed E-state index contributed by atoms with van der Waals surface area (Å²) in [5, 5.41) is 9.85. The Morgan fingerprint density at radius 2 is 1.57 bits per heavy atom. The molecule has 0 bridgehead atoms. The first-order chi connectivity index (χ1) is 24.5. The minimum Gasteiger partial charge on any atom is -0.379 e. The molecular weight excluding hydrogens is 663 g/mol. The van der Waals surface area contributed by atoms with Gasteiger partial charge in [0.05, 0.1) is 35.7 Å². The van der Waals surface area contributed by atoms with Crippen LogP contribution in [0.1, 0.15) is 55.9 Å². The maximum Gasteiger partial charge on any atom is 0.416 e. The Balaban J connectivity index is 1.19. The molecule has 2 fully saturated rings. The van der Waals surface area contributed by atoms with Gasteiger partial charge in [-0.2, -0.15) is 18.3 Å². The number of amides is 3. The number of rotatable bonds is 10. The summed E-state index contributed by atoms with van der Waals surface area (Å²) in [5.74, 6) is -1.17. The van der Waals surface area contributed by atoms with Crippen LogP contribution in [-0.2, 0) is 10.9 Å². The van der Waals surface area contributed by atoms with Crippen LogP contribution in [0.25, 0.3) is 5.69 Å². The van der Waals surface area contributed by atoms with Gasteiger partial charge >= 0.3 is 6.18 Å². The fourth-order valence-electron chi connectivity index (χ4n) is 6.15. The number of morpholine rings is 1. The van der Waals surface area contributed by atoms with E-state index in [0.717, 1.165) is 69.8 Å². The second-order valence-electron chi connectivity index (χ2n) is 12.6. The zero-order valence-corrected chi connectivity index (χ0v) is 28.3. The van der Waals surface area contributed by atoms with E-state index in [1.165, 1.54) is 35.1 Å². The number of nitrogens with one attached hydrogen (secondary N) is 2. The first-order valence-corrected chi connectivity index (χ1v) is 17.0. The van der Waals surface area contributed by atoms with Gasteiger partial charge in [-0.25, -0.2) is 4.68 Å². The third-order valence-electron chi connectivity index (χ3n) is 9.06. The van der Waals surface area contributed by atoms with Gasteiger partial charge in [0, 0.05) is 75.4 Å². The summed E-state index contributed by atoms with van der Waals surface area (Å²) in [6, 6.07) is 17.9. The molecule has 0 atom stereocenters. The number of anilines is 3. The lowest BCUT2D eigenvalue weighted by atomic mass is 10.1. The SMILES string of the molecule is CN(CCN1CCOCC1)C(=O)c1cccc(C(=O)Nc2ccc(N3CCCCC3)cc2C(=O)Nc2ccn(-c3cccc(C(F)(F)F)c3)n2)c1. The van der Waals surface area contributed by atoms with Crippen molar-refractivity contribution < 1.29 is 32.3 Å². The van der Waals surface area contributed by atoms with Crippen molar-refractivity contribution in [1.82, 2.24) is 19.6 Å². The summed E-state index contributed by atoms with van der Waals surface area (Å²) >= 11 is 0. The topological polar surface area (TPSA) is 112 Å². The number of carbonyl (C=O) groups is 3. The standard InChI is InChI=1S/C37H40F3N7O4/c1-44(17-18-45-19-21-51-22-20-45)36(50)27-8-5-7-26(23-27)34(48)41-32-12-11-29(46-14-3-2-4-15-46)25-31(32)35(49)42-33-13-16-47(43-33)30-10-6-9-28(24-30)37(38,39)40/h5-13,16,23-25H,2-4,14-15,17-22H2,1H3,(H,41,48)(H,42,43,49). The van der Waals surface area contributed by atoms with Crippen LogP contribution in [0.4, 0.5) is 30.4 Å². The van der Waals surface area contributed by atoms with E-state index in [9.17, 15) is 27.6 Å². The number of halogens is 3. The number of carbonyl (C=O) groups excluding carboxylic acids is 3. The van der Waals surface area contributed by atoms with Gasteiger partial charge in [0.1, 0.15) is 0 Å². The number of hydrogen-bond acceptors (Lipinski definition) is 7. The van der Waals surface area contributed by atoms with Crippen LogP contribution in [0.3, 0.4) is 0 Å². The molecule has 1 aromatic heterocycles. The maximum absolute atomic E-state index is 13.8. The highest BCUT2D eigenvalue weighted by Crippen LogP contribution is 2.31. The summed E-state index contributed by atoms with van der Waals surface area (Å²) in [5.41, 5.74) is 1.21. The molecule has 4 aromatic rings. The first-order valence-electron chi connectivity index (χ1n) is 17.0. The van der Waals surface area contributed by atoms with Crippen molar-refractivity contribution in [3.63, 3.8) is 0 Å². The van der Waals surface area contributed by atoms with Crippen LogP contribution in [0.15, 0.2) is 79.0 Å². The molecule has 6 rings (SSSR count). The van der Waals surface area contributed by atoms with Crippen LogP contribution in [-0.4, -0.2) is 96.8 Å². The minimum atomic E-state index is -4.52. The van der Waals surface area contributed by atoms with Crippen molar-refractivity contribution in [3.05, 3.63) is 101 Å². The van der Waals surface area contributed by atoms with E-state index in [2.05, 4.69) is 25.5 Å². The Bertz CT molecular complexity index is 1870. The Morgan fingerprint density at radius 3 is 2.33 bits per heavy atom. The number of hydrogen-bond donors (Lipinski definition) is 2. The van der Waals surface area contributed by atoms with Gasteiger partial charge in [-0.3, -0.25) is 19.3 Å². The van der Waals surface area contributed by atoms with E-state index in [1.807, 2.05) is 6.07 Å². The summed E-state index contributed by atoms with van der Waals surface area (Å²) in [6.45, 7) is 5.88. The number of likely N-dealkylation sites (N-methyl/N-ethyl adjacent to an activating group) is 1. The number of benzene rings is 3. The molecule has 51 heavy (non-hydrogen) atoms. The molecule has 3 amide bonds. The molecule has 2 aliphatic heterocycles. The molecule has 0 unspecified atom stereocenters. The Morgan fingerprint density at radius 1 is 0.824 bits per heavy atom. The van der Waals surface area contributed by atoms with E-state index in [4.69, 9.17) is 4.74 Å². The smallest absolute Gasteiger partial charge is 0.379 e. The van der Waals surface area contributed by atoms with Crippen molar-refractivity contribution in [2.45, 2.75) is 25.4 Å². The lowest BCUT2D eigenvalue weighted by molar-refractivity contribution is -0.137. The van der Waals surface area contributed by atoms with Crippen molar-refractivity contribution >= 4 is 34.9 Å². The number of alkyl halides is 3. The molecule has 14 heteroatoms. The predicted octanol–water partition coefficient (Wildman–Crippen LogP) is 5.79. The highest BCUT2D eigenvalue weighted by Gasteiger charge is 2.30. The molecule has 2 saturated heterocycles. The molecule has 2 N–H and O–H groups in total. The van der Waals surface area contributed by atoms with Gasteiger partial charge in [0.25, 0.3) is 17.7 Å². The molecule has 11 nitrogen and oxygen atoms in total. The van der Waals surface area contributed by atoms with E-state index >= 15 is 0 Å². The number of nitrogens with zero attached hydrogens (tertiary/aromatic N) is 5. The molecule has 0 radical (unpaired) electrons. The molecule has 0 spiro atoms. The van der Waals surface area contributed by atoms with Crippen molar-refractivity contribution in [2.24, 2.45) is 0 Å². The van der Waals surface area contributed by atoms with Crippen molar-refractivity contribution in [1.29, 1.82) is 0 Å². The van der Waals surface area contributed by atoms with Gasteiger partial charge in [-0.1, -0.05) is 12.1 Å². The van der Waals surface area contributed by atoms with Gasteiger partial charge in [-0.15, -0.1) is 0 Å². The summed E-state index contributed by atoms with van der Waals surface area (Å²) in [7, 11) is 1.73. The fourth-order valence-corrected chi connectivity index (χ4v) is 6.15. The Labute approximate surface area is 294 Å². The second-order valence-corrected chi connectivity index (χ2v) is 12.6. The van der Waals surface area contributed by atoms with E-state index < -0.39 is 23.6 Å². The molecule has 268 valence electrons. The fraction of sp³-hybridized carbons (Fsp3) is 0.351. The second kappa shape index (κ2) is 15.8. The van der Waals surface area contributed by atoms with Gasteiger partial charge in [0.2, 0.25) is 0 Å². The van der Waals surface area contributed by atoms with Gasteiger partial charge < -0.3 is 25.2 Å². The zero-order valence-electron chi connectivity index (χ0n) is 28.3. The summed E-state index contributed by atoms with van der Waals surface area (Å²) < 4.78 is 46.5. The molecular formula is C37H40F3N7O4. The molecule has 0 aliphatic carbocycles. The highest BCUT2D eigenvalue weighted by molar-refractivity contribution is 6.13. The number of ether oxygens (including phenoxy) is 1. The summed E-state index contributed by atoms with van der Waals surface area (Å²) in [4.78, 5) is 46.6. The van der Waals surface area contributed by atoms with E-state index in [-0.39, 0.29) is 34.2 Å². The highest BCUT2D eigenvalue weighted by atomic mass is 19.4.